The van der Waals surface area contributed by atoms with E-state index in [9.17, 15) is 13.2 Å². The zero-order chi connectivity index (χ0) is 25.7. The number of ether oxygens (including phenoxy) is 2. The predicted molar refractivity (Wildman–Crippen MR) is 143 cm³/mol. The normalized spacial score (nSPS) is 23.1. The van der Waals surface area contributed by atoms with Crippen LogP contribution in [0.15, 0.2) is 17.0 Å². The van der Waals surface area contributed by atoms with Gasteiger partial charge in [-0.1, -0.05) is 6.42 Å². The molecule has 1 atom stereocenters. The Labute approximate surface area is 220 Å². The number of nitrogens with zero attached hydrogens (tertiary/aromatic N) is 3. The average molecular weight is 540 g/mol. The van der Waals surface area contributed by atoms with Crippen LogP contribution < -0.4 is 4.74 Å². The largest absolute Gasteiger partial charge is 0.497 e. The third-order valence-electron chi connectivity index (χ3n) is 7.67. The van der Waals surface area contributed by atoms with Crippen LogP contribution in [0.1, 0.15) is 43.2 Å². The fourth-order valence-corrected chi connectivity index (χ4v) is 9.05. The Bertz CT molecular complexity index is 982. The molecule has 1 unspecified atom stereocenters. The molecule has 0 saturated carbocycles. The van der Waals surface area contributed by atoms with Crippen LogP contribution in [0, 0.1) is 13.8 Å². The fourth-order valence-electron chi connectivity index (χ4n) is 5.78. The number of rotatable bonds is 8. The number of methoxy groups -OCH3 is 1. The topological polar surface area (TPSA) is 79.4 Å². The monoisotopic (exact) mass is 539 g/mol. The lowest BCUT2D eigenvalue weighted by atomic mass is 10.00. The SMILES string of the molecule is COc1cc(C)c(S(=O)(=O)N2CCSCC2COCC(=O)N2CCC(N3CCCCC3)CC2)c(C)c1. The lowest BCUT2D eigenvalue weighted by Crippen LogP contribution is -2.50. The number of likely N-dealkylation sites (tertiary alicyclic amines) is 2. The standard InChI is InChI=1S/C26H41N3O5S2/c1-20-15-24(33-3)16-21(2)26(20)36(31,32)29-13-14-35-19-23(29)17-34-18-25(30)28-11-7-22(8-12-28)27-9-5-4-6-10-27/h15-16,22-23H,4-14,17-19H2,1-3H3. The number of hydrogen-bond donors (Lipinski definition) is 0. The number of aryl methyl sites for hydroxylation is 2. The van der Waals surface area contributed by atoms with E-state index >= 15 is 0 Å². The summed E-state index contributed by atoms with van der Waals surface area (Å²) in [4.78, 5) is 17.7. The zero-order valence-corrected chi connectivity index (χ0v) is 23.5. The van der Waals surface area contributed by atoms with E-state index in [0.717, 1.165) is 31.7 Å². The van der Waals surface area contributed by atoms with Gasteiger partial charge in [0.05, 0.1) is 24.7 Å². The Morgan fingerprint density at radius 1 is 1.03 bits per heavy atom. The predicted octanol–water partition coefficient (Wildman–Crippen LogP) is 2.91. The number of piperidine rings is 2. The Morgan fingerprint density at radius 2 is 1.69 bits per heavy atom. The first-order chi connectivity index (χ1) is 17.3. The van der Waals surface area contributed by atoms with Crippen LogP contribution in [0.4, 0.5) is 0 Å². The van der Waals surface area contributed by atoms with Gasteiger partial charge in [-0.2, -0.15) is 16.1 Å². The van der Waals surface area contributed by atoms with Gasteiger partial charge in [0, 0.05) is 37.2 Å². The van der Waals surface area contributed by atoms with Crippen molar-refractivity contribution in [2.75, 3.05) is 64.6 Å². The van der Waals surface area contributed by atoms with Gasteiger partial charge in [0.2, 0.25) is 15.9 Å². The van der Waals surface area contributed by atoms with E-state index in [4.69, 9.17) is 9.47 Å². The first kappa shape index (κ1) is 27.7. The summed E-state index contributed by atoms with van der Waals surface area (Å²) in [6, 6.07) is 3.82. The molecule has 3 heterocycles. The molecule has 0 N–H and O–H groups in total. The number of hydrogen-bond acceptors (Lipinski definition) is 7. The summed E-state index contributed by atoms with van der Waals surface area (Å²) < 4.78 is 40.1. The van der Waals surface area contributed by atoms with Crippen molar-refractivity contribution in [3.05, 3.63) is 23.3 Å². The first-order valence-corrected chi connectivity index (χ1v) is 15.7. The van der Waals surface area contributed by atoms with Gasteiger partial charge in [-0.25, -0.2) is 8.42 Å². The van der Waals surface area contributed by atoms with Gasteiger partial charge in [-0.3, -0.25) is 4.79 Å². The third-order valence-corrected chi connectivity index (χ3v) is 11.0. The number of benzene rings is 1. The zero-order valence-electron chi connectivity index (χ0n) is 21.9. The van der Waals surface area contributed by atoms with Crippen LogP contribution in [0.25, 0.3) is 0 Å². The Balaban J connectivity index is 1.31. The quantitative estimate of drug-likeness (QED) is 0.503. The fraction of sp³-hybridized carbons (Fsp3) is 0.731. The van der Waals surface area contributed by atoms with Crippen LogP contribution in [-0.4, -0.2) is 105 Å². The van der Waals surface area contributed by atoms with Crippen molar-refractivity contribution in [2.45, 2.75) is 62.9 Å². The molecule has 202 valence electrons. The minimum Gasteiger partial charge on any atom is -0.497 e. The molecule has 3 aliphatic heterocycles. The highest BCUT2D eigenvalue weighted by Gasteiger charge is 2.36. The molecule has 3 saturated heterocycles. The number of carbonyl (C=O) groups excluding carboxylic acids is 1. The second-order valence-corrected chi connectivity index (χ2v) is 13.1. The van der Waals surface area contributed by atoms with E-state index in [-0.39, 0.29) is 25.2 Å². The minimum absolute atomic E-state index is 0.00399. The summed E-state index contributed by atoms with van der Waals surface area (Å²) in [7, 11) is -2.12. The highest BCUT2D eigenvalue weighted by atomic mass is 32.2. The van der Waals surface area contributed by atoms with Crippen LogP contribution in [0.5, 0.6) is 5.75 Å². The van der Waals surface area contributed by atoms with E-state index in [2.05, 4.69) is 4.90 Å². The maximum absolute atomic E-state index is 13.7. The number of thioether (sulfide) groups is 1. The lowest BCUT2D eigenvalue weighted by molar-refractivity contribution is -0.138. The third kappa shape index (κ3) is 6.38. The van der Waals surface area contributed by atoms with Gasteiger partial charge in [-0.15, -0.1) is 0 Å². The molecule has 1 amide bonds. The van der Waals surface area contributed by atoms with Gasteiger partial charge >= 0.3 is 0 Å². The van der Waals surface area contributed by atoms with E-state index in [1.807, 2.05) is 4.90 Å². The maximum atomic E-state index is 13.7. The van der Waals surface area contributed by atoms with Gasteiger partial charge in [0.1, 0.15) is 12.4 Å². The lowest BCUT2D eigenvalue weighted by Gasteiger charge is -2.40. The maximum Gasteiger partial charge on any atom is 0.248 e. The molecule has 36 heavy (non-hydrogen) atoms. The van der Waals surface area contributed by atoms with Crippen molar-refractivity contribution in [3.63, 3.8) is 0 Å². The van der Waals surface area contributed by atoms with E-state index < -0.39 is 10.0 Å². The molecule has 1 aromatic carbocycles. The molecule has 4 rings (SSSR count). The average Bonchev–Trinajstić information content (AvgIpc) is 2.89. The van der Waals surface area contributed by atoms with Crippen LogP contribution in [-0.2, 0) is 19.6 Å². The van der Waals surface area contributed by atoms with Crippen LogP contribution in [0.2, 0.25) is 0 Å². The Kier molecular flexibility index (Phi) is 9.60. The second kappa shape index (κ2) is 12.5. The highest BCUT2D eigenvalue weighted by molar-refractivity contribution is 7.99. The molecule has 10 heteroatoms. The molecule has 0 aliphatic carbocycles. The summed E-state index contributed by atoms with van der Waals surface area (Å²) in [5.41, 5.74) is 1.35. The van der Waals surface area contributed by atoms with E-state index in [1.165, 1.54) is 32.4 Å². The smallest absolute Gasteiger partial charge is 0.248 e. The molecular formula is C26H41N3O5S2. The van der Waals surface area contributed by atoms with Crippen molar-refractivity contribution in [2.24, 2.45) is 0 Å². The molecule has 0 bridgehead atoms. The van der Waals surface area contributed by atoms with Crippen LogP contribution >= 0.6 is 11.8 Å². The molecule has 1 aromatic rings. The van der Waals surface area contributed by atoms with Crippen molar-refractivity contribution in [1.82, 2.24) is 14.1 Å². The number of amides is 1. The summed E-state index contributed by atoms with van der Waals surface area (Å²) in [5.74, 6) is 2.06. The van der Waals surface area contributed by atoms with E-state index in [0.29, 0.717) is 40.1 Å². The first-order valence-electron chi connectivity index (χ1n) is 13.2. The Hall–Kier alpha value is -1.33. The second-order valence-electron chi connectivity index (χ2n) is 10.2. The summed E-state index contributed by atoms with van der Waals surface area (Å²) >= 11 is 1.73. The van der Waals surface area contributed by atoms with Crippen LogP contribution in [0.3, 0.4) is 0 Å². The number of sulfonamides is 1. The molecule has 0 aromatic heterocycles. The molecule has 8 nitrogen and oxygen atoms in total. The van der Waals surface area contributed by atoms with Crippen molar-refractivity contribution < 1.29 is 22.7 Å². The van der Waals surface area contributed by atoms with Crippen molar-refractivity contribution >= 4 is 27.7 Å². The van der Waals surface area contributed by atoms with Gasteiger partial charge < -0.3 is 19.3 Å². The molecule has 0 spiro atoms. The minimum atomic E-state index is -3.70. The van der Waals surface area contributed by atoms with Crippen molar-refractivity contribution in [3.8, 4) is 5.75 Å². The van der Waals surface area contributed by atoms with Crippen molar-refractivity contribution in [1.29, 1.82) is 0 Å². The molecule has 3 fully saturated rings. The highest BCUT2D eigenvalue weighted by Crippen LogP contribution is 2.31. The molecule has 0 radical (unpaired) electrons. The van der Waals surface area contributed by atoms with Gasteiger partial charge in [-0.05, 0) is 75.9 Å². The van der Waals surface area contributed by atoms with Gasteiger partial charge in [0.25, 0.3) is 0 Å². The molecule has 3 aliphatic rings. The summed E-state index contributed by atoms with van der Waals surface area (Å²) in [5, 5.41) is 0. The number of carbonyl (C=O) groups is 1. The van der Waals surface area contributed by atoms with Gasteiger partial charge in [0.15, 0.2) is 0 Å². The summed E-state index contributed by atoms with van der Waals surface area (Å²) in [6.45, 7) is 8.20. The Morgan fingerprint density at radius 3 is 2.33 bits per heavy atom. The summed E-state index contributed by atoms with van der Waals surface area (Å²) in [6.07, 6.45) is 5.96. The molecular weight excluding hydrogens is 498 g/mol. The van der Waals surface area contributed by atoms with E-state index in [1.54, 1.807) is 49.2 Å².